The Labute approximate surface area is 129 Å². The van der Waals surface area contributed by atoms with Crippen LogP contribution in [0.2, 0.25) is 0 Å². The summed E-state index contributed by atoms with van der Waals surface area (Å²) in [4.78, 5) is 4.39. The van der Waals surface area contributed by atoms with Gasteiger partial charge in [-0.3, -0.25) is 0 Å². The van der Waals surface area contributed by atoms with Crippen LogP contribution in [0.25, 0.3) is 11.4 Å². The van der Waals surface area contributed by atoms with Gasteiger partial charge in [-0.25, -0.2) is 4.98 Å². The summed E-state index contributed by atoms with van der Waals surface area (Å²) in [7, 11) is 0. The van der Waals surface area contributed by atoms with Gasteiger partial charge >= 0.3 is 0 Å². The molecular weight excluding hydrogens is 274 g/mol. The van der Waals surface area contributed by atoms with Crippen LogP contribution >= 0.6 is 0 Å². The van der Waals surface area contributed by atoms with E-state index in [-0.39, 0.29) is 0 Å². The lowest BCUT2D eigenvalue weighted by molar-refractivity contribution is 0.299. The number of hydrogen-bond acceptors (Lipinski definition) is 3. The molecule has 0 amide bonds. The van der Waals surface area contributed by atoms with Crippen LogP contribution < -0.4 is 4.74 Å². The fourth-order valence-corrected chi connectivity index (χ4v) is 2.22. The van der Waals surface area contributed by atoms with Gasteiger partial charge in [-0.1, -0.05) is 18.2 Å². The fraction of sp³-hybridized carbons (Fsp3) is 0.111. The van der Waals surface area contributed by atoms with Gasteiger partial charge in [0.2, 0.25) is 0 Å². The Morgan fingerprint density at radius 2 is 1.82 bits per heavy atom. The van der Waals surface area contributed by atoms with E-state index < -0.39 is 0 Å². The molecule has 0 radical (unpaired) electrons. The molecule has 0 bridgehead atoms. The average molecular weight is 289 g/mol. The minimum Gasteiger partial charge on any atom is -0.492 e. The number of nitriles is 1. The van der Waals surface area contributed by atoms with Crippen LogP contribution in [0.5, 0.6) is 5.75 Å². The van der Waals surface area contributed by atoms with Gasteiger partial charge < -0.3 is 9.30 Å². The topological polar surface area (TPSA) is 50.8 Å². The summed E-state index contributed by atoms with van der Waals surface area (Å²) < 4.78 is 7.76. The van der Waals surface area contributed by atoms with Gasteiger partial charge in [0.15, 0.2) is 0 Å². The SMILES string of the molecule is N#Cc1ccc(-c2nccn2CCOc2ccccc2)cc1. The third kappa shape index (κ3) is 3.15. The predicted octanol–water partition coefficient (Wildman–Crippen LogP) is 3.50. The zero-order valence-corrected chi connectivity index (χ0v) is 12.0. The second-order valence-electron chi connectivity index (χ2n) is 4.79. The van der Waals surface area contributed by atoms with E-state index in [1.54, 1.807) is 18.3 Å². The highest BCUT2D eigenvalue weighted by molar-refractivity contribution is 5.57. The molecule has 0 spiro atoms. The molecular formula is C18H15N3O. The van der Waals surface area contributed by atoms with Crippen LogP contribution in [0, 0.1) is 11.3 Å². The smallest absolute Gasteiger partial charge is 0.139 e. The normalized spacial score (nSPS) is 10.1. The van der Waals surface area contributed by atoms with Crippen molar-refractivity contribution in [2.45, 2.75) is 6.54 Å². The molecule has 2 aromatic carbocycles. The first-order valence-corrected chi connectivity index (χ1v) is 7.06. The lowest BCUT2D eigenvalue weighted by atomic mass is 10.1. The largest absolute Gasteiger partial charge is 0.492 e. The molecule has 1 aromatic heterocycles. The van der Waals surface area contributed by atoms with Crippen molar-refractivity contribution in [2.24, 2.45) is 0 Å². The molecule has 0 saturated carbocycles. The van der Waals surface area contributed by atoms with Crippen LogP contribution in [0.1, 0.15) is 5.56 Å². The summed E-state index contributed by atoms with van der Waals surface area (Å²) >= 11 is 0. The molecule has 108 valence electrons. The van der Waals surface area contributed by atoms with Crippen molar-refractivity contribution in [2.75, 3.05) is 6.61 Å². The summed E-state index contributed by atoms with van der Waals surface area (Å²) in [6.07, 6.45) is 3.71. The Balaban J connectivity index is 1.68. The van der Waals surface area contributed by atoms with E-state index in [4.69, 9.17) is 10.00 Å². The third-order valence-corrected chi connectivity index (χ3v) is 3.33. The average Bonchev–Trinajstić information content (AvgIpc) is 3.04. The van der Waals surface area contributed by atoms with Crippen molar-refractivity contribution in [3.63, 3.8) is 0 Å². The maximum Gasteiger partial charge on any atom is 0.139 e. The number of nitrogens with zero attached hydrogens (tertiary/aromatic N) is 3. The first kappa shape index (κ1) is 13.9. The molecule has 22 heavy (non-hydrogen) atoms. The molecule has 0 unspecified atom stereocenters. The van der Waals surface area contributed by atoms with Crippen LogP contribution in [0.15, 0.2) is 67.0 Å². The van der Waals surface area contributed by atoms with Gasteiger partial charge in [-0.15, -0.1) is 0 Å². The quantitative estimate of drug-likeness (QED) is 0.722. The molecule has 0 saturated heterocycles. The highest BCUT2D eigenvalue weighted by atomic mass is 16.5. The second kappa shape index (κ2) is 6.59. The standard InChI is InChI=1S/C18H15N3O/c19-14-15-6-8-16(9-7-15)18-20-10-11-21(18)12-13-22-17-4-2-1-3-5-17/h1-11H,12-13H2. The highest BCUT2D eigenvalue weighted by Crippen LogP contribution is 2.18. The zero-order chi connectivity index (χ0) is 15.2. The van der Waals surface area contributed by atoms with E-state index in [1.165, 1.54) is 0 Å². The van der Waals surface area contributed by atoms with Crippen molar-refractivity contribution < 1.29 is 4.74 Å². The van der Waals surface area contributed by atoms with Gasteiger partial charge in [0.1, 0.15) is 18.2 Å². The maximum atomic E-state index is 8.85. The molecule has 4 heteroatoms. The van der Waals surface area contributed by atoms with Crippen LogP contribution in [-0.2, 0) is 6.54 Å². The second-order valence-corrected chi connectivity index (χ2v) is 4.79. The molecule has 0 fully saturated rings. The van der Waals surface area contributed by atoms with Crippen LogP contribution in [-0.4, -0.2) is 16.2 Å². The molecule has 0 N–H and O–H groups in total. The number of ether oxygens (including phenoxy) is 1. The Kier molecular flexibility index (Phi) is 4.17. The van der Waals surface area contributed by atoms with E-state index in [2.05, 4.69) is 11.1 Å². The first-order valence-electron chi connectivity index (χ1n) is 7.06. The highest BCUT2D eigenvalue weighted by Gasteiger charge is 2.06. The number of benzene rings is 2. The maximum absolute atomic E-state index is 8.85. The molecule has 4 nitrogen and oxygen atoms in total. The molecule has 1 heterocycles. The minimum atomic E-state index is 0.573. The first-order chi connectivity index (χ1) is 10.9. The summed E-state index contributed by atoms with van der Waals surface area (Å²) in [6.45, 7) is 1.29. The molecule has 3 rings (SSSR count). The Morgan fingerprint density at radius 1 is 1.05 bits per heavy atom. The van der Waals surface area contributed by atoms with Crippen molar-refractivity contribution in [3.8, 4) is 23.2 Å². The van der Waals surface area contributed by atoms with Crippen molar-refractivity contribution in [3.05, 3.63) is 72.6 Å². The van der Waals surface area contributed by atoms with Gasteiger partial charge in [0.25, 0.3) is 0 Å². The van der Waals surface area contributed by atoms with Gasteiger partial charge in [-0.05, 0) is 36.4 Å². The molecule has 3 aromatic rings. The van der Waals surface area contributed by atoms with Gasteiger partial charge in [-0.2, -0.15) is 5.26 Å². The number of para-hydroxylation sites is 1. The summed E-state index contributed by atoms with van der Waals surface area (Å²) in [5.74, 6) is 1.74. The van der Waals surface area contributed by atoms with Crippen molar-refractivity contribution >= 4 is 0 Å². The number of rotatable bonds is 5. The Bertz CT molecular complexity index is 770. The molecule has 0 aliphatic carbocycles. The van der Waals surface area contributed by atoms with E-state index in [0.29, 0.717) is 18.7 Å². The summed E-state index contributed by atoms with van der Waals surface area (Å²) in [5, 5.41) is 8.85. The number of aromatic nitrogens is 2. The summed E-state index contributed by atoms with van der Waals surface area (Å²) in [5.41, 5.74) is 1.64. The number of imidazole rings is 1. The fourth-order valence-electron chi connectivity index (χ4n) is 2.22. The van der Waals surface area contributed by atoms with Gasteiger partial charge in [0, 0.05) is 18.0 Å². The van der Waals surface area contributed by atoms with Crippen LogP contribution in [0.3, 0.4) is 0 Å². The Hall–Kier alpha value is -3.06. The molecule has 0 atom stereocenters. The summed E-state index contributed by atoms with van der Waals surface area (Å²) in [6, 6.07) is 19.3. The molecule has 0 aliphatic rings. The minimum absolute atomic E-state index is 0.573. The van der Waals surface area contributed by atoms with E-state index in [0.717, 1.165) is 17.1 Å². The third-order valence-electron chi connectivity index (χ3n) is 3.33. The van der Waals surface area contributed by atoms with Gasteiger partial charge in [0.05, 0.1) is 18.2 Å². The monoisotopic (exact) mass is 289 g/mol. The number of hydrogen-bond donors (Lipinski definition) is 0. The van der Waals surface area contributed by atoms with Crippen molar-refractivity contribution in [1.29, 1.82) is 5.26 Å². The lowest BCUT2D eigenvalue weighted by Gasteiger charge is -2.09. The van der Waals surface area contributed by atoms with Crippen molar-refractivity contribution in [1.82, 2.24) is 9.55 Å². The zero-order valence-electron chi connectivity index (χ0n) is 12.0. The predicted molar refractivity (Wildman–Crippen MR) is 84.3 cm³/mol. The van der Waals surface area contributed by atoms with E-state index in [1.807, 2.05) is 53.2 Å². The van der Waals surface area contributed by atoms with E-state index in [9.17, 15) is 0 Å². The Morgan fingerprint density at radius 3 is 2.55 bits per heavy atom. The lowest BCUT2D eigenvalue weighted by Crippen LogP contribution is -2.08. The van der Waals surface area contributed by atoms with Crippen LogP contribution in [0.4, 0.5) is 0 Å². The molecule has 0 aliphatic heterocycles. The van der Waals surface area contributed by atoms with E-state index >= 15 is 0 Å².